The van der Waals surface area contributed by atoms with Gasteiger partial charge in [-0.15, -0.1) is 0 Å². The Kier molecular flexibility index (Phi) is 12.3. The van der Waals surface area contributed by atoms with Gasteiger partial charge in [0, 0.05) is 0 Å². The van der Waals surface area contributed by atoms with E-state index < -0.39 is 11.1 Å². The summed E-state index contributed by atoms with van der Waals surface area (Å²) in [6.45, 7) is 2.86. The Morgan fingerprint density at radius 1 is 0.773 bits per heavy atom. The summed E-state index contributed by atoms with van der Waals surface area (Å²) in [4.78, 5) is 0.755. The van der Waals surface area contributed by atoms with E-state index in [0.29, 0.717) is 6.61 Å². The van der Waals surface area contributed by atoms with Gasteiger partial charge in [0.1, 0.15) is 0 Å². The standard InChI is InChI=1S/C19H32O2S/c1-2-3-4-5-6-7-8-9-10-11-15-18-21-22(20)19-16-13-12-14-17-19/h12-14,16-17H,2-11,15,18H2,1H3. The molecular formula is C19H32O2S. The Hall–Kier alpha value is -0.670. The first-order valence-electron chi connectivity index (χ1n) is 8.94. The van der Waals surface area contributed by atoms with Crippen molar-refractivity contribution in [1.29, 1.82) is 0 Å². The third-order valence-electron chi connectivity index (χ3n) is 3.87. The topological polar surface area (TPSA) is 26.3 Å². The molecule has 0 aliphatic rings. The molecule has 0 aliphatic carbocycles. The molecular weight excluding hydrogens is 292 g/mol. The van der Waals surface area contributed by atoms with E-state index in [-0.39, 0.29) is 0 Å². The van der Waals surface area contributed by atoms with Crippen molar-refractivity contribution in [3.8, 4) is 0 Å². The fourth-order valence-electron chi connectivity index (χ4n) is 2.50. The summed E-state index contributed by atoms with van der Waals surface area (Å²) < 4.78 is 17.2. The zero-order chi connectivity index (χ0) is 15.9. The van der Waals surface area contributed by atoms with Crippen LogP contribution in [0.2, 0.25) is 0 Å². The van der Waals surface area contributed by atoms with Gasteiger partial charge in [-0.3, -0.25) is 4.18 Å². The lowest BCUT2D eigenvalue weighted by Gasteiger charge is -2.04. The molecule has 1 aromatic rings. The largest absolute Gasteiger partial charge is 0.287 e. The van der Waals surface area contributed by atoms with Crippen molar-refractivity contribution < 1.29 is 8.39 Å². The fraction of sp³-hybridized carbons (Fsp3) is 0.684. The molecule has 0 aromatic heterocycles. The van der Waals surface area contributed by atoms with Crippen LogP contribution in [0.25, 0.3) is 0 Å². The minimum absolute atomic E-state index is 0.596. The van der Waals surface area contributed by atoms with Crippen LogP contribution in [0.3, 0.4) is 0 Å². The molecule has 0 amide bonds. The van der Waals surface area contributed by atoms with E-state index >= 15 is 0 Å². The molecule has 0 saturated heterocycles. The molecule has 3 heteroatoms. The predicted octanol–water partition coefficient (Wildman–Crippen LogP) is 6.04. The van der Waals surface area contributed by atoms with E-state index in [1.807, 2.05) is 30.3 Å². The van der Waals surface area contributed by atoms with Crippen LogP contribution in [-0.4, -0.2) is 10.8 Å². The van der Waals surface area contributed by atoms with Crippen LogP contribution in [0.5, 0.6) is 0 Å². The first kappa shape index (κ1) is 19.4. The summed E-state index contributed by atoms with van der Waals surface area (Å²) in [5.74, 6) is 0. The van der Waals surface area contributed by atoms with E-state index in [0.717, 1.165) is 11.3 Å². The molecule has 0 saturated carbocycles. The Morgan fingerprint density at radius 2 is 1.27 bits per heavy atom. The monoisotopic (exact) mass is 324 g/mol. The van der Waals surface area contributed by atoms with Crippen molar-refractivity contribution >= 4 is 11.1 Å². The molecule has 0 N–H and O–H groups in total. The lowest BCUT2D eigenvalue weighted by atomic mass is 10.1. The molecule has 0 radical (unpaired) electrons. The summed E-state index contributed by atoms with van der Waals surface area (Å²) in [5.41, 5.74) is 0. The van der Waals surface area contributed by atoms with Crippen LogP contribution in [0, 0.1) is 0 Å². The second-order valence-electron chi connectivity index (χ2n) is 5.91. The maximum absolute atomic E-state index is 11.8. The highest BCUT2D eigenvalue weighted by Gasteiger charge is 2.02. The zero-order valence-corrected chi connectivity index (χ0v) is 14.9. The van der Waals surface area contributed by atoms with Gasteiger partial charge in [-0.05, 0) is 18.6 Å². The molecule has 2 nitrogen and oxygen atoms in total. The summed E-state index contributed by atoms with van der Waals surface area (Å²) in [7, 11) is 0. The molecule has 1 unspecified atom stereocenters. The van der Waals surface area contributed by atoms with E-state index in [2.05, 4.69) is 6.92 Å². The Bertz CT molecular complexity index is 378. The smallest absolute Gasteiger partial charge is 0.189 e. The number of hydrogen-bond donors (Lipinski definition) is 0. The minimum atomic E-state index is -1.30. The molecule has 126 valence electrons. The quantitative estimate of drug-likeness (QED) is 0.390. The van der Waals surface area contributed by atoms with Gasteiger partial charge >= 0.3 is 0 Å². The van der Waals surface area contributed by atoms with Gasteiger partial charge in [0.15, 0.2) is 11.1 Å². The van der Waals surface area contributed by atoms with E-state index in [9.17, 15) is 4.21 Å². The highest BCUT2D eigenvalue weighted by atomic mass is 32.2. The summed E-state index contributed by atoms with van der Waals surface area (Å²) in [6.07, 6.45) is 14.5. The van der Waals surface area contributed by atoms with Gasteiger partial charge in [-0.2, -0.15) is 0 Å². The second kappa shape index (κ2) is 14.0. The van der Waals surface area contributed by atoms with E-state index in [1.165, 1.54) is 64.2 Å². The van der Waals surface area contributed by atoms with Crippen molar-refractivity contribution in [2.24, 2.45) is 0 Å². The van der Waals surface area contributed by atoms with Gasteiger partial charge in [0.2, 0.25) is 0 Å². The SMILES string of the molecule is CCCCCCCCCCCCCOS(=O)c1ccccc1. The molecule has 1 aromatic carbocycles. The van der Waals surface area contributed by atoms with Gasteiger partial charge < -0.3 is 0 Å². The third-order valence-corrected chi connectivity index (χ3v) is 4.91. The van der Waals surface area contributed by atoms with E-state index in [4.69, 9.17) is 4.18 Å². The zero-order valence-electron chi connectivity index (χ0n) is 14.1. The molecule has 0 fully saturated rings. The molecule has 0 heterocycles. The highest BCUT2D eigenvalue weighted by Crippen LogP contribution is 2.12. The second-order valence-corrected chi connectivity index (χ2v) is 7.08. The molecule has 0 bridgehead atoms. The third kappa shape index (κ3) is 10.1. The highest BCUT2D eigenvalue weighted by molar-refractivity contribution is 7.80. The lowest BCUT2D eigenvalue weighted by molar-refractivity contribution is 0.332. The van der Waals surface area contributed by atoms with Crippen LogP contribution in [0.1, 0.15) is 77.6 Å². The van der Waals surface area contributed by atoms with Gasteiger partial charge in [-0.25, -0.2) is 4.21 Å². The van der Waals surface area contributed by atoms with Crippen molar-refractivity contribution in [3.63, 3.8) is 0 Å². The Balaban J connectivity index is 1.85. The maximum Gasteiger partial charge on any atom is 0.189 e. The number of hydrogen-bond acceptors (Lipinski definition) is 2. The van der Waals surface area contributed by atoms with Crippen molar-refractivity contribution in [3.05, 3.63) is 30.3 Å². The first-order chi connectivity index (χ1) is 10.8. The van der Waals surface area contributed by atoms with Gasteiger partial charge in [-0.1, -0.05) is 89.3 Å². The number of unbranched alkanes of at least 4 members (excludes halogenated alkanes) is 10. The fourth-order valence-corrected chi connectivity index (χ4v) is 3.29. The average molecular weight is 325 g/mol. The molecule has 0 spiro atoms. The number of rotatable bonds is 14. The van der Waals surface area contributed by atoms with Crippen LogP contribution < -0.4 is 0 Å². The molecule has 22 heavy (non-hydrogen) atoms. The Morgan fingerprint density at radius 3 is 1.82 bits per heavy atom. The molecule has 0 aliphatic heterocycles. The molecule has 1 rings (SSSR count). The average Bonchev–Trinajstić information content (AvgIpc) is 2.56. The van der Waals surface area contributed by atoms with Crippen LogP contribution in [-0.2, 0) is 15.3 Å². The minimum Gasteiger partial charge on any atom is -0.287 e. The number of benzene rings is 1. The van der Waals surface area contributed by atoms with Crippen molar-refractivity contribution in [2.45, 2.75) is 82.4 Å². The van der Waals surface area contributed by atoms with Crippen LogP contribution >= 0.6 is 0 Å². The maximum atomic E-state index is 11.8. The van der Waals surface area contributed by atoms with Gasteiger partial charge in [0.25, 0.3) is 0 Å². The summed E-state index contributed by atoms with van der Waals surface area (Å²) in [6, 6.07) is 9.38. The van der Waals surface area contributed by atoms with E-state index in [1.54, 1.807) is 0 Å². The van der Waals surface area contributed by atoms with Gasteiger partial charge in [0.05, 0.1) is 11.5 Å². The van der Waals surface area contributed by atoms with Crippen LogP contribution in [0.15, 0.2) is 35.2 Å². The summed E-state index contributed by atoms with van der Waals surface area (Å²) in [5, 5.41) is 0. The first-order valence-corrected chi connectivity index (χ1v) is 10.0. The molecule has 1 atom stereocenters. The van der Waals surface area contributed by atoms with Crippen LogP contribution in [0.4, 0.5) is 0 Å². The Labute approximate surface area is 139 Å². The normalized spacial score (nSPS) is 12.4. The predicted molar refractivity (Wildman–Crippen MR) is 95.3 cm³/mol. The summed E-state index contributed by atoms with van der Waals surface area (Å²) >= 11 is -1.30. The van der Waals surface area contributed by atoms with Crippen molar-refractivity contribution in [2.75, 3.05) is 6.61 Å². The van der Waals surface area contributed by atoms with Crippen molar-refractivity contribution in [1.82, 2.24) is 0 Å². The lowest BCUT2D eigenvalue weighted by Crippen LogP contribution is -1.99.